The van der Waals surface area contributed by atoms with Crippen LogP contribution in [0.15, 0.2) is 48.5 Å². The molecule has 0 saturated carbocycles. The second kappa shape index (κ2) is 7.42. The summed E-state index contributed by atoms with van der Waals surface area (Å²) in [7, 11) is 0. The monoisotopic (exact) mass is 308 g/mol. The molecule has 3 nitrogen and oxygen atoms in total. The van der Waals surface area contributed by atoms with E-state index in [9.17, 15) is 4.79 Å². The van der Waals surface area contributed by atoms with Gasteiger partial charge < -0.3 is 10.2 Å². The minimum Gasteiger partial charge on any atom is -0.338 e. The van der Waals surface area contributed by atoms with E-state index < -0.39 is 0 Å². The fraction of sp³-hybridized carbons (Fsp3) is 0.350. The molecule has 0 bridgehead atoms. The highest BCUT2D eigenvalue weighted by atomic mass is 16.2. The number of nitrogens with one attached hydrogen (secondary N) is 1. The fourth-order valence-electron chi connectivity index (χ4n) is 3.00. The second-order valence-electron chi connectivity index (χ2n) is 6.25. The first kappa shape index (κ1) is 15.8. The highest BCUT2D eigenvalue weighted by Crippen LogP contribution is 2.18. The van der Waals surface area contributed by atoms with Crippen LogP contribution in [0.3, 0.4) is 0 Å². The molecule has 1 aliphatic rings. The molecule has 1 amide bonds. The van der Waals surface area contributed by atoms with E-state index in [-0.39, 0.29) is 5.91 Å². The lowest BCUT2D eigenvalue weighted by Crippen LogP contribution is -2.37. The lowest BCUT2D eigenvalue weighted by atomic mass is 10.00. The Balaban J connectivity index is 1.42. The number of fused-ring (bicyclic) bond motifs is 1. The van der Waals surface area contributed by atoms with E-state index in [1.54, 1.807) is 0 Å². The summed E-state index contributed by atoms with van der Waals surface area (Å²) < 4.78 is 0. The predicted octanol–water partition coefficient (Wildman–Crippen LogP) is 3.06. The van der Waals surface area contributed by atoms with Crippen LogP contribution in [0, 0.1) is 6.92 Å². The first-order valence-electron chi connectivity index (χ1n) is 8.33. The molecule has 0 saturated heterocycles. The van der Waals surface area contributed by atoms with E-state index in [4.69, 9.17) is 0 Å². The molecule has 0 fully saturated rings. The zero-order valence-corrected chi connectivity index (χ0v) is 13.7. The van der Waals surface area contributed by atoms with Crippen molar-refractivity contribution in [1.82, 2.24) is 10.2 Å². The van der Waals surface area contributed by atoms with Gasteiger partial charge in [0.25, 0.3) is 0 Å². The fourth-order valence-corrected chi connectivity index (χ4v) is 3.00. The van der Waals surface area contributed by atoms with Crippen LogP contribution in [-0.2, 0) is 24.3 Å². The number of carbonyl (C=O) groups is 1. The summed E-state index contributed by atoms with van der Waals surface area (Å²) in [5, 5.41) is 3.36. The van der Waals surface area contributed by atoms with E-state index in [2.05, 4.69) is 60.8 Å². The number of carbonyl (C=O) groups excluding carboxylic acids is 1. The highest BCUT2D eigenvalue weighted by molar-refractivity contribution is 5.76. The number of nitrogens with zero attached hydrogens (tertiary/aromatic N) is 1. The Morgan fingerprint density at radius 2 is 1.83 bits per heavy atom. The van der Waals surface area contributed by atoms with Crippen molar-refractivity contribution < 1.29 is 4.79 Å². The zero-order chi connectivity index (χ0) is 16.1. The van der Waals surface area contributed by atoms with Gasteiger partial charge in [-0.3, -0.25) is 4.79 Å². The largest absolute Gasteiger partial charge is 0.338 e. The van der Waals surface area contributed by atoms with Crippen LogP contribution in [0.25, 0.3) is 0 Å². The van der Waals surface area contributed by atoms with Crippen LogP contribution in [0.4, 0.5) is 0 Å². The first-order valence-corrected chi connectivity index (χ1v) is 8.33. The summed E-state index contributed by atoms with van der Waals surface area (Å²) in [5.74, 6) is 0.246. The highest BCUT2D eigenvalue weighted by Gasteiger charge is 2.19. The van der Waals surface area contributed by atoms with Gasteiger partial charge in [0, 0.05) is 32.6 Å². The van der Waals surface area contributed by atoms with E-state index in [0.29, 0.717) is 6.42 Å². The van der Waals surface area contributed by atoms with Crippen molar-refractivity contribution >= 4 is 5.91 Å². The summed E-state index contributed by atoms with van der Waals surface area (Å²) in [6.45, 7) is 5.23. The second-order valence-corrected chi connectivity index (χ2v) is 6.25. The molecular weight excluding hydrogens is 284 g/mol. The Hall–Kier alpha value is -2.13. The van der Waals surface area contributed by atoms with Crippen LogP contribution in [0.2, 0.25) is 0 Å². The Labute approximate surface area is 138 Å². The maximum atomic E-state index is 12.3. The molecule has 1 N–H and O–H groups in total. The van der Waals surface area contributed by atoms with Gasteiger partial charge in [-0.1, -0.05) is 54.1 Å². The molecule has 0 unspecified atom stereocenters. The standard InChI is InChI=1S/C20H24N2O/c1-16-6-8-17(9-7-16)14-21-12-10-20(23)22-13-11-18-4-2-3-5-19(18)15-22/h2-9,21H,10-15H2,1H3. The molecule has 0 radical (unpaired) electrons. The predicted molar refractivity (Wildman–Crippen MR) is 93.1 cm³/mol. The number of amides is 1. The maximum absolute atomic E-state index is 12.3. The molecule has 2 aromatic rings. The van der Waals surface area contributed by atoms with Crippen LogP contribution in [0.5, 0.6) is 0 Å². The number of hydrogen-bond acceptors (Lipinski definition) is 2. The minimum absolute atomic E-state index is 0.246. The van der Waals surface area contributed by atoms with E-state index in [1.807, 2.05) is 4.90 Å². The van der Waals surface area contributed by atoms with Crippen molar-refractivity contribution in [2.45, 2.75) is 32.9 Å². The smallest absolute Gasteiger partial charge is 0.224 e. The van der Waals surface area contributed by atoms with Gasteiger partial charge in [-0.25, -0.2) is 0 Å². The van der Waals surface area contributed by atoms with E-state index >= 15 is 0 Å². The molecular formula is C20H24N2O. The van der Waals surface area contributed by atoms with E-state index in [1.165, 1.54) is 22.3 Å². The Bertz CT molecular complexity index is 664. The van der Waals surface area contributed by atoms with Gasteiger partial charge in [-0.15, -0.1) is 0 Å². The van der Waals surface area contributed by atoms with Crippen molar-refractivity contribution in [2.75, 3.05) is 13.1 Å². The molecule has 0 aliphatic carbocycles. The molecule has 0 spiro atoms. The molecule has 1 heterocycles. The van der Waals surface area contributed by atoms with Gasteiger partial charge in [0.15, 0.2) is 0 Å². The van der Waals surface area contributed by atoms with Crippen molar-refractivity contribution in [3.8, 4) is 0 Å². The minimum atomic E-state index is 0.246. The molecule has 23 heavy (non-hydrogen) atoms. The third-order valence-electron chi connectivity index (χ3n) is 4.45. The Kier molecular flexibility index (Phi) is 5.09. The van der Waals surface area contributed by atoms with Gasteiger partial charge in [0.2, 0.25) is 5.91 Å². The van der Waals surface area contributed by atoms with Crippen molar-refractivity contribution in [2.24, 2.45) is 0 Å². The number of aryl methyl sites for hydroxylation is 1. The van der Waals surface area contributed by atoms with Crippen LogP contribution in [-0.4, -0.2) is 23.9 Å². The first-order chi connectivity index (χ1) is 11.2. The summed E-state index contributed by atoms with van der Waals surface area (Å²) in [4.78, 5) is 14.3. The van der Waals surface area contributed by atoms with Gasteiger partial charge >= 0.3 is 0 Å². The topological polar surface area (TPSA) is 32.3 Å². The average Bonchev–Trinajstić information content (AvgIpc) is 2.59. The van der Waals surface area contributed by atoms with Crippen molar-refractivity contribution in [1.29, 1.82) is 0 Å². The average molecular weight is 308 g/mol. The normalized spacial score (nSPS) is 13.7. The van der Waals surface area contributed by atoms with Crippen LogP contribution < -0.4 is 5.32 Å². The van der Waals surface area contributed by atoms with Gasteiger partial charge in [0.05, 0.1) is 0 Å². The maximum Gasteiger partial charge on any atom is 0.224 e. The SMILES string of the molecule is Cc1ccc(CNCCC(=O)N2CCc3ccccc3C2)cc1. The molecule has 0 aromatic heterocycles. The summed E-state index contributed by atoms with van der Waals surface area (Å²) in [6.07, 6.45) is 1.53. The van der Waals surface area contributed by atoms with Gasteiger partial charge in [-0.2, -0.15) is 0 Å². The summed E-state index contributed by atoms with van der Waals surface area (Å²) >= 11 is 0. The van der Waals surface area contributed by atoms with Gasteiger partial charge in [0.1, 0.15) is 0 Å². The van der Waals surface area contributed by atoms with Crippen molar-refractivity contribution in [3.05, 3.63) is 70.8 Å². The molecule has 3 heteroatoms. The molecule has 120 valence electrons. The van der Waals surface area contributed by atoms with Crippen LogP contribution in [0.1, 0.15) is 28.7 Å². The summed E-state index contributed by atoms with van der Waals surface area (Å²) in [6, 6.07) is 16.9. The lowest BCUT2D eigenvalue weighted by Gasteiger charge is -2.29. The number of rotatable bonds is 5. The Morgan fingerprint density at radius 1 is 1.09 bits per heavy atom. The third kappa shape index (κ3) is 4.20. The molecule has 3 rings (SSSR count). The molecule has 0 atom stereocenters. The molecule has 2 aromatic carbocycles. The van der Waals surface area contributed by atoms with Gasteiger partial charge in [-0.05, 0) is 30.0 Å². The number of hydrogen-bond donors (Lipinski definition) is 1. The number of benzene rings is 2. The lowest BCUT2D eigenvalue weighted by molar-refractivity contribution is -0.132. The summed E-state index contributed by atoms with van der Waals surface area (Å²) in [5.41, 5.74) is 5.21. The quantitative estimate of drug-likeness (QED) is 0.861. The molecule has 1 aliphatic heterocycles. The van der Waals surface area contributed by atoms with Crippen LogP contribution >= 0.6 is 0 Å². The van der Waals surface area contributed by atoms with Crippen molar-refractivity contribution in [3.63, 3.8) is 0 Å². The van der Waals surface area contributed by atoms with E-state index in [0.717, 1.165) is 32.6 Å². The zero-order valence-electron chi connectivity index (χ0n) is 13.7. The third-order valence-corrected chi connectivity index (χ3v) is 4.45. The Morgan fingerprint density at radius 3 is 2.61 bits per heavy atom.